The predicted molar refractivity (Wildman–Crippen MR) is 139 cm³/mol. The van der Waals surface area contributed by atoms with Crippen LogP contribution in [0.15, 0.2) is 24.3 Å². The lowest BCUT2D eigenvalue weighted by Gasteiger charge is -2.33. The van der Waals surface area contributed by atoms with Crippen molar-refractivity contribution in [2.75, 3.05) is 0 Å². The second-order valence-electron chi connectivity index (χ2n) is 12.6. The molecule has 1 saturated carbocycles. The fourth-order valence-corrected chi connectivity index (χ4v) is 5.47. The van der Waals surface area contributed by atoms with Crippen LogP contribution in [0.4, 0.5) is 0 Å². The Morgan fingerprint density at radius 1 is 0.719 bits per heavy atom. The Labute approximate surface area is 197 Å². The Morgan fingerprint density at radius 2 is 1.22 bits per heavy atom. The van der Waals surface area contributed by atoms with Crippen molar-refractivity contribution >= 4 is 0 Å². The van der Waals surface area contributed by atoms with Gasteiger partial charge in [-0.05, 0) is 121 Å². The SMILES string of the molecule is Cc1cc(C)c(CCC2CCC(c3cc(C(C)(C)C)c(O)c(C(C)(C)C)c3)CC2)cc1C. The fraction of sp³-hybridized carbons (Fsp3) is 0.613. The lowest BCUT2D eigenvalue weighted by atomic mass is 9.73. The highest BCUT2D eigenvalue weighted by Crippen LogP contribution is 2.44. The van der Waals surface area contributed by atoms with Crippen LogP contribution < -0.4 is 0 Å². The molecule has 1 aliphatic rings. The smallest absolute Gasteiger partial charge is 0.123 e. The molecular weight excluding hydrogens is 388 g/mol. The van der Waals surface area contributed by atoms with Crippen LogP contribution in [0.3, 0.4) is 0 Å². The predicted octanol–water partition coefficient (Wildman–Crippen LogP) is 8.82. The van der Waals surface area contributed by atoms with Crippen LogP contribution in [0, 0.1) is 26.7 Å². The van der Waals surface area contributed by atoms with Gasteiger partial charge in [-0.15, -0.1) is 0 Å². The summed E-state index contributed by atoms with van der Waals surface area (Å²) >= 11 is 0. The average molecular weight is 435 g/mol. The molecule has 0 heterocycles. The Bertz CT molecular complexity index is 909. The normalized spacial score (nSPS) is 19.9. The Kier molecular flexibility index (Phi) is 7.18. The molecule has 2 aromatic rings. The van der Waals surface area contributed by atoms with Crippen LogP contribution in [-0.4, -0.2) is 5.11 Å². The molecule has 0 spiro atoms. The highest BCUT2D eigenvalue weighted by atomic mass is 16.3. The molecule has 0 bridgehead atoms. The number of hydrogen-bond donors (Lipinski definition) is 1. The standard InChI is InChI=1S/C31H46O/c1-20-16-22(3)25(17-21(20)2)15-12-23-10-13-24(14-11-23)26-18-27(30(4,5)6)29(32)28(19-26)31(7,8)9/h16-19,23-24,32H,10-15H2,1-9H3. The van der Waals surface area contributed by atoms with Gasteiger partial charge in [-0.3, -0.25) is 0 Å². The summed E-state index contributed by atoms with van der Waals surface area (Å²) in [5.74, 6) is 1.97. The number of benzene rings is 2. The van der Waals surface area contributed by atoms with Gasteiger partial charge in [0.05, 0.1) is 0 Å². The van der Waals surface area contributed by atoms with Crippen LogP contribution in [0.2, 0.25) is 0 Å². The van der Waals surface area contributed by atoms with Gasteiger partial charge in [-0.2, -0.15) is 0 Å². The number of aryl methyl sites for hydroxylation is 4. The van der Waals surface area contributed by atoms with E-state index in [1.165, 1.54) is 60.8 Å². The van der Waals surface area contributed by atoms with Crippen LogP contribution in [0.5, 0.6) is 5.75 Å². The molecular formula is C31H46O. The summed E-state index contributed by atoms with van der Waals surface area (Å²) in [4.78, 5) is 0. The molecule has 0 radical (unpaired) electrons. The van der Waals surface area contributed by atoms with E-state index >= 15 is 0 Å². The third-order valence-corrected chi connectivity index (χ3v) is 7.84. The molecule has 0 saturated heterocycles. The summed E-state index contributed by atoms with van der Waals surface area (Å²) in [6, 6.07) is 9.39. The van der Waals surface area contributed by atoms with Gasteiger partial charge in [0.15, 0.2) is 0 Å². The molecule has 1 heteroatoms. The summed E-state index contributed by atoms with van der Waals surface area (Å²) in [7, 11) is 0. The van der Waals surface area contributed by atoms with Gasteiger partial charge in [-0.25, -0.2) is 0 Å². The fourth-order valence-electron chi connectivity index (χ4n) is 5.47. The number of rotatable bonds is 4. The van der Waals surface area contributed by atoms with E-state index < -0.39 is 0 Å². The molecule has 0 unspecified atom stereocenters. The van der Waals surface area contributed by atoms with Gasteiger partial charge in [0, 0.05) is 0 Å². The quantitative estimate of drug-likeness (QED) is 0.509. The first-order chi connectivity index (χ1) is 14.8. The molecule has 0 aliphatic heterocycles. The van der Waals surface area contributed by atoms with Gasteiger partial charge in [-0.1, -0.05) is 65.8 Å². The maximum Gasteiger partial charge on any atom is 0.123 e. The van der Waals surface area contributed by atoms with Crippen molar-refractivity contribution in [2.45, 2.75) is 118 Å². The average Bonchev–Trinajstić information content (AvgIpc) is 2.68. The van der Waals surface area contributed by atoms with Crippen molar-refractivity contribution < 1.29 is 5.11 Å². The van der Waals surface area contributed by atoms with Crippen molar-refractivity contribution in [1.29, 1.82) is 0 Å². The molecule has 0 amide bonds. The van der Waals surface area contributed by atoms with Crippen LogP contribution in [0.1, 0.15) is 119 Å². The van der Waals surface area contributed by atoms with Gasteiger partial charge in [0.25, 0.3) is 0 Å². The lowest BCUT2D eigenvalue weighted by Crippen LogP contribution is -2.20. The van der Waals surface area contributed by atoms with E-state index in [0.717, 1.165) is 17.0 Å². The molecule has 1 fully saturated rings. The first kappa shape index (κ1) is 24.9. The van der Waals surface area contributed by atoms with E-state index in [-0.39, 0.29) is 10.8 Å². The van der Waals surface area contributed by atoms with E-state index in [1.807, 2.05) is 0 Å². The zero-order chi connectivity index (χ0) is 23.8. The highest BCUT2D eigenvalue weighted by Gasteiger charge is 2.29. The maximum absolute atomic E-state index is 11.1. The summed E-state index contributed by atoms with van der Waals surface area (Å²) in [6.45, 7) is 20.0. The third-order valence-electron chi connectivity index (χ3n) is 7.84. The van der Waals surface area contributed by atoms with E-state index in [1.54, 1.807) is 5.56 Å². The summed E-state index contributed by atoms with van der Waals surface area (Å²) in [6.07, 6.45) is 7.72. The topological polar surface area (TPSA) is 20.2 Å². The molecule has 2 aromatic carbocycles. The Balaban J connectivity index is 1.71. The molecule has 176 valence electrons. The summed E-state index contributed by atoms with van der Waals surface area (Å²) in [5, 5.41) is 11.1. The van der Waals surface area contributed by atoms with E-state index in [9.17, 15) is 5.11 Å². The zero-order valence-electron chi connectivity index (χ0n) is 22.2. The minimum absolute atomic E-state index is 0.0542. The monoisotopic (exact) mass is 434 g/mol. The van der Waals surface area contributed by atoms with Gasteiger partial charge >= 0.3 is 0 Å². The molecule has 0 atom stereocenters. The molecule has 32 heavy (non-hydrogen) atoms. The van der Waals surface area contributed by atoms with Crippen molar-refractivity contribution in [3.63, 3.8) is 0 Å². The van der Waals surface area contributed by atoms with Crippen molar-refractivity contribution in [2.24, 2.45) is 5.92 Å². The first-order valence-electron chi connectivity index (χ1n) is 12.7. The zero-order valence-corrected chi connectivity index (χ0v) is 22.2. The third kappa shape index (κ3) is 5.59. The molecule has 1 N–H and O–H groups in total. The maximum atomic E-state index is 11.1. The first-order valence-corrected chi connectivity index (χ1v) is 12.7. The Hall–Kier alpha value is -1.76. The molecule has 1 aliphatic carbocycles. The Morgan fingerprint density at radius 3 is 1.72 bits per heavy atom. The van der Waals surface area contributed by atoms with Crippen LogP contribution >= 0.6 is 0 Å². The van der Waals surface area contributed by atoms with Gasteiger partial charge in [0.2, 0.25) is 0 Å². The van der Waals surface area contributed by atoms with Gasteiger partial charge in [0.1, 0.15) is 5.75 Å². The van der Waals surface area contributed by atoms with Crippen molar-refractivity contribution in [3.8, 4) is 5.75 Å². The minimum Gasteiger partial charge on any atom is -0.507 e. The van der Waals surface area contributed by atoms with E-state index in [2.05, 4.69) is 86.6 Å². The second kappa shape index (κ2) is 9.24. The number of hydrogen-bond acceptors (Lipinski definition) is 1. The van der Waals surface area contributed by atoms with E-state index in [4.69, 9.17) is 0 Å². The number of aromatic hydroxyl groups is 1. The lowest BCUT2D eigenvalue weighted by molar-refractivity contribution is 0.309. The van der Waals surface area contributed by atoms with Gasteiger partial charge < -0.3 is 5.11 Å². The summed E-state index contributed by atoms with van der Waals surface area (Å²) in [5.41, 5.74) is 9.37. The number of phenols is 1. The van der Waals surface area contributed by atoms with Crippen LogP contribution in [0.25, 0.3) is 0 Å². The highest BCUT2D eigenvalue weighted by molar-refractivity contribution is 5.50. The minimum atomic E-state index is -0.0542. The molecule has 0 aromatic heterocycles. The molecule has 1 nitrogen and oxygen atoms in total. The van der Waals surface area contributed by atoms with Crippen LogP contribution in [-0.2, 0) is 17.3 Å². The van der Waals surface area contributed by atoms with Crippen molar-refractivity contribution in [3.05, 3.63) is 63.2 Å². The van der Waals surface area contributed by atoms with E-state index in [0.29, 0.717) is 11.7 Å². The number of phenolic OH excluding ortho intramolecular Hbond substituents is 1. The largest absolute Gasteiger partial charge is 0.507 e. The van der Waals surface area contributed by atoms with Crippen molar-refractivity contribution in [1.82, 2.24) is 0 Å². The molecule has 3 rings (SSSR count). The second-order valence-corrected chi connectivity index (χ2v) is 12.6. The summed E-state index contributed by atoms with van der Waals surface area (Å²) < 4.78 is 0.